The number of aliphatic hydroxyl groups is 2. The van der Waals surface area contributed by atoms with Gasteiger partial charge in [0.1, 0.15) is 6.10 Å². The predicted molar refractivity (Wildman–Crippen MR) is 66.1 cm³/mol. The molecule has 1 fully saturated rings. The van der Waals surface area contributed by atoms with E-state index in [1.165, 1.54) is 0 Å². The van der Waals surface area contributed by atoms with Crippen LogP contribution in [0.2, 0.25) is 0 Å². The Morgan fingerprint density at radius 3 is 2.37 bits per heavy atom. The van der Waals surface area contributed by atoms with Gasteiger partial charge in [0.25, 0.3) is 0 Å². The normalized spacial score (nSPS) is 31.6. The second-order valence-corrected chi connectivity index (χ2v) is 5.67. The van der Waals surface area contributed by atoms with Crippen LogP contribution in [0.15, 0.2) is 30.3 Å². The van der Waals surface area contributed by atoms with Crippen molar-refractivity contribution in [2.75, 3.05) is 6.61 Å². The number of hydrogen-bond acceptors (Lipinski definition) is 5. The van der Waals surface area contributed by atoms with Gasteiger partial charge in [0.2, 0.25) is 0 Å². The fraction of sp³-hybridized carbons (Fsp3) is 0.455. The van der Waals surface area contributed by atoms with Gasteiger partial charge in [-0.15, -0.1) is 0 Å². The third kappa shape index (κ3) is 3.61. The van der Waals surface area contributed by atoms with Crippen molar-refractivity contribution in [1.29, 1.82) is 0 Å². The summed E-state index contributed by atoms with van der Waals surface area (Å²) in [6.07, 6.45) is -2.22. The molecule has 1 aromatic rings. The van der Waals surface area contributed by atoms with Crippen molar-refractivity contribution < 1.29 is 29.1 Å². The number of benzene rings is 1. The van der Waals surface area contributed by atoms with E-state index in [0.717, 1.165) is 5.56 Å². The molecule has 7 nitrogen and oxygen atoms in total. The number of nitrogens with one attached hydrogen (secondary N) is 1. The maximum atomic E-state index is 10.6. The Hall–Kier alpha value is -0.790. The lowest BCUT2D eigenvalue weighted by atomic mass is 10.0. The highest BCUT2D eigenvalue weighted by Gasteiger charge is 2.42. The van der Waals surface area contributed by atoms with Gasteiger partial charge in [0.15, 0.2) is 0 Å². The molecule has 0 aliphatic carbocycles. The fourth-order valence-corrected chi connectivity index (χ4v) is 2.50. The summed E-state index contributed by atoms with van der Waals surface area (Å²) in [4.78, 5) is 17.3. The molecule has 2 rings (SSSR count). The molecule has 0 amide bonds. The third-order valence-corrected chi connectivity index (χ3v) is 3.56. The van der Waals surface area contributed by atoms with Gasteiger partial charge < -0.3 is 25.3 Å². The Morgan fingerprint density at radius 1 is 1.16 bits per heavy atom. The van der Waals surface area contributed by atoms with Crippen LogP contribution in [0.4, 0.5) is 0 Å². The van der Waals surface area contributed by atoms with Crippen molar-refractivity contribution in [3.8, 4) is 0 Å². The molecule has 106 valence electrons. The molecule has 0 bridgehead atoms. The minimum atomic E-state index is -4.59. The van der Waals surface area contributed by atoms with E-state index in [-0.39, 0.29) is 6.61 Å². The molecule has 1 aliphatic rings. The van der Waals surface area contributed by atoms with Crippen LogP contribution < -0.4 is 5.32 Å². The van der Waals surface area contributed by atoms with Crippen molar-refractivity contribution in [1.82, 2.24) is 5.32 Å². The van der Waals surface area contributed by atoms with Crippen LogP contribution in [0.5, 0.6) is 0 Å². The summed E-state index contributed by atoms with van der Waals surface area (Å²) in [6, 6.07) is 7.77. The highest BCUT2D eigenvalue weighted by atomic mass is 31.2. The summed E-state index contributed by atoms with van der Waals surface area (Å²) in [7, 11) is -4.59. The van der Waals surface area contributed by atoms with Crippen molar-refractivity contribution in [3.05, 3.63) is 35.9 Å². The molecule has 1 saturated heterocycles. The Kier molecular flexibility index (Phi) is 4.37. The molecule has 19 heavy (non-hydrogen) atoms. The summed E-state index contributed by atoms with van der Waals surface area (Å²) < 4.78 is 15.0. The molecule has 0 spiro atoms. The van der Waals surface area contributed by atoms with Crippen molar-refractivity contribution in [3.63, 3.8) is 0 Å². The Labute approximate surface area is 110 Å². The van der Waals surface area contributed by atoms with Gasteiger partial charge >= 0.3 is 7.82 Å². The first-order chi connectivity index (χ1) is 8.88. The highest BCUT2D eigenvalue weighted by molar-refractivity contribution is 7.46. The lowest BCUT2D eigenvalue weighted by Crippen LogP contribution is -2.36. The zero-order chi connectivity index (χ0) is 14.0. The first kappa shape index (κ1) is 14.6. The molecule has 0 saturated carbocycles. The van der Waals surface area contributed by atoms with Gasteiger partial charge in [0, 0.05) is 0 Å². The smallest absolute Gasteiger partial charge is 0.389 e. The first-order valence-corrected chi connectivity index (χ1v) is 7.29. The van der Waals surface area contributed by atoms with Gasteiger partial charge in [0.05, 0.1) is 24.8 Å². The molecule has 4 atom stereocenters. The minimum absolute atomic E-state index is 0.383. The maximum absolute atomic E-state index is 10.6. The molecule has 1 aliphatic heterocycles. The summed E-state index contributed by atoms with van der Waals surface area (Å²) in [5.74, 6) is 0. The van der Waals surface area contributed by atoms with Crippen LogP contribution in [-0.4, -0.2) is 44.9 Å². The van der Waals surface area contributed by atoms with E-state index < -0.39 is 32.1 Å². The summed E-state index contributed by atoms with van der Waals surface area (Å²) in [6.45, 7) is -0.383. The van der Waals surface area contributed by atoms with Gasteiger partial charge in [-0.3, -0.25) is 4.52 Å². The molecule has 5 N–H and O–H groups in total. The van der Waals surface area contributed by atoms with E-state index in [1.807, 2.05) is 6.07 Å². The van der Waals surface area contributed by atoms with Gasteiger partial charge in [-0.05, 0) is 5.56 Å². The number of phosphoric acid groups is 1. The SMILES string of the molecule is O=P(O)(O)OC[C@H]1N[C@@H](c2ccccc2)[C@H](O)[C@@H]1O. The summed E-state index contributed by atoms with van der Waals surface area (Å²) in [5.41, 5.74) is 0.785. The van der Waals surface area contributed by atoms with Crippen molar-refractivity contribution in [2.45, 2.75) is 24.3 Å². The van der Waals surface area contributed by atoms with E-state index in [2.05, 4.69) is 9.84 Å². The molecule has 0 unspecified atom stereocenters. The number of rotatable bonds is 4. The first-order valence-electron chi connectivity index (χ1n) is 5.76. The quantitative estimate of drug-likeness (QED) is 0.475. The van der Waals surface area contributed by atoms with Crippen LogP contribution in [0.3, 0.4) is 0 Å². The average molecular weight is 289 g/mol. The maximum Gasteiger partial charge on any atom is 0.469 e. The number of phosphoric ester groups is 1. The Morgan fingerprint density at radius 2 is 1.79 bits per heavy atom. The van der Waals surface area contributed by atoms with Gasteiger partial charge in [-0.2, -0.15) is 0 Å². The lowest BCUT2D eigenvalue weighted by Gasteiger charge is -2.15. The van der Waals surface area contributed by atoms with Crippen LogP contribution in [-0.2, 0) is 9.09 Å². The average Bonchev–Trinajstić information content (AvgIpc) is 2.64. The zero-order valence-electron chi connectivity index (χ0n) is 9.96. The van der Waals surface area contributed by atoms with Crippen LogP contribution >= 0.6 is 7.82 Å². The van der Waals surface area contributed by atoms with E-state index in [0.29, 0.717) is 0 Å². The minimum Gasteiger partial charge on any atom is -0.389 e. The van der Waals surface area contributed by atoms with Crippen molar-refractivity contribution in [2.24, 2.45) is 0 Å². The number of hydrogen-bond donors (Lipinski definition) is 5. The third-order valence-electron chi connectivity index (χ3n) is 3.08. The fourth-order valence-electron chi connectivity index (χ4n) is 2.14. The van der Waals surface area contributed by atoms with Crippen LogP contribution in [0.25, 0.3) is 0 Å². The van der Waals surface area contributed by atoms with E-state index in [9.17, 15) is 14.8 Å². The molecule has 1 heterocycles. The highest BCUT2D eigenvalue weighted by Crippen LogP contribution is 2.37. The molecular formula is C11H16NO6P. The molecule has 1 aromatic carbocycles. The number of aliphatic hydroxyl groups excluding tert-OH is 2. The molecule has 8 heteroatoms. The zero-order valence-corrected chi connectivity index (χ0v) is 10.9. The second-order valence-electron chi connectivity index (χ2n) is 4.43. The Balaban J connectivity index is 2.04. The largest absolute Gasteiger partial charge is 0.469 e. The standard InChI is InChI=1S/C11H16NO6P/c13-10-8(6-18-19(15,16)17)12-9(11(10)14)7-4-2-1-3-5-7/h1-5,8-14H,6H2,(H2,15,16,17)/t8-,9+,10-,11+/m1/s1. The van der Waals surface area contributed by atoms with Crippen molar-refractivity contribution >= 4 is 7.82 Å². The predicted octanol–water partition coefficient (Wildman–Crippen LogP) is -0.469. The van der Waals surface area contributed by atoms with Gasteiger partial charge in [-0.1, -0.05) is 30.3 Å². The van der Waals surface area contributed by atoms with E-state index in [1.54, 1.807) is 24.3 Å². The second kappa shape index (κ2) is 5.68. The van der Waals surface area contributed by atoms with Crippen LogP contribution in [0.1, 0.15) is 11.6 Å². The van der Waals surface area contributed by atoms with Gasteiger partial charge in [-0.25, -0.2) is 4.57 Å². The topological polar surface area (TPSA) is 119 Å². The van der Waals surface area contributed by atoms with E-state index in [4.69, 9.17) is 9.79 Å². The molecule has 0 radical (unpaired) electrons. The van der Waals surface area contributed by atoms with E-state index >= 15 is 0 Å². The lowest BCUT2D eigenvalue weighted by molar-refractivity contribution is 0.0191. The van der Waals surface area contributed by atoms with Crippen LogP contribution in [0, 0.1) is 0 Å². The monoisotopic (exact) mass is 289 g/mol. The summed E-state index contributed by atoms with van der Waals surface area (Å²) >= 11 is 0. The molecule has 0 aromatic heterocycles. The summed E-state index contributed by atoms with van der Waals surface area (Å²) in [5, 5.41) is 22.7. The Bertz CT molecular complexity index is 464. The molecular weight excluding hydrogens is 273 g/mol.